The van der Waals surface area contributed by atoms with E-state index in [2.05, 4.69) is 17.4 Å². The van der Waals surface area contributed by atoms with Crippen LogP contribution in [0.1, 0.15) is 18.9 Å². The minimum absolute atomic E-state index is 0.0845. The summed E-state index contributed by atoms with van der Waals surface area (Å²) in [5.74, 6) is 1.41. The molecule has 5 heteroatoms. The number of nitrogens with one attached hydrogen (secondary N) is 1. The third-order valence-corrected chi connectivity index (χ3v) is 4.92. The number of thioether (sulfide) groups is 1. The fourth-order valence-electron chi connectivity index (χ4n) is 2.15. The van der Waals surface area contributed by atoms with Gasteiger partial charge in [-0.2, -0.15) is 0 Å². The van der Waals surface area contributed by atoms with Crippen LogP contribution in [0.2, 0.25) is 5.02 Å². The molecule has 3 nitrogen and oxygen atoms in total. The molecule has 128 valence electrons. The van der Waals surface area contributed by atoms with Gasteiger partial charge in [-0.15, -0.1) is 11.8 Å². The lowest BCUT2D eigenvalue weighted by molar-refractivity contribution is -0.127. The van der Waals surface area contributed by atoms with E-state index in [1.807, 2.05) is 38.1 Å². The molecule has 0 radical (unpaired) electrons. The van der Waals surface area contributed by atoms with Crippen molar-refractivity contribution in [3.8, 4) is 5.75 Å². The molecule has 0 aromatic heterocycles. The summed E-state index contributed by atoms with van der Waals surface area (Å²) in [4.78, 5) is 13.5. The molecule has 24 heavy (non-hydrogen) atoms. The van der Waals surface area contributed by atoms with E-state index in [-0.39, 0.29) is 5.91 Å². The van der Waals surface area contributed by atoms with E-state index in [0.29, 0.717) is 23.7 Å². The summed E-state index contributed by atoms with van der Waals surface area (Å²) in [6.07, 6.45) is 0.117. The predicted octanol–water partition coefficient (Wildman–Crippen LogP) is 4.71. The van der Waals surface area contributed by atoms with Crippen LogP contribution in [0.3, 0.4) is 0 Å². The molecule has 0 saturated heterocycles. The van der Waals surface area contributed by atoms with Gasteiger partial charge in [0.15, 0.2) is 6.10 Å². The van der Waals surface area contributed by atoms with E-state index in [9.17, 15) is 4.79 Å². The highest BCUT2D eigenvalue weighted by Gasteiger charge is 2.18. The van der Waals surface area contributed by atoms with Crippen LogP contribution in [-0.2, 0) is 4.79 Å². The summed E-state index contributed by atoms with van der Waals surface area (Å²) in [6, 6.07) is 15.6. The Morgan fingerprint density at radius 3 is 2.67 bits per heavy atom. The van der Waals surface area contributed by atoms with Crippen molar-refractivity contribution in [2.24, 2.45) is 0 Å². The van der Waals surface area contributed by atoms with Crippen LogP contribution in [0.25, 0.3) is 0 Å². The second-order valence-electron chi connectivity index (χ2n) is 5.38. The van der Waals surface area contributed by atoms with Crippen molar-refractivity contribution in [1.29, 1.82) is 0 Å². The van der Waals surface area contributed by atoms with Gasteiger partial charge in [-0.25, -0.2) is 0 Å². The first-order valence-corrected chi connectivity index (χ1v) is 9.35. The average molecular weight is 364 g/mol. The molecule has 0 heterocycles. The number of carbonyl (C=O) groups is 1. The molecular weight excluding hydrogens is 342 g/mol. The summed E-state index contributed by atoms with van der Waals surface area (Å²) in [6.45, 7) is 4.46. The molecule has 2 aromatic carbocycles. The smallest absolute Gasteiger partial charge is 0.261 e. The van der Waals surface area contributed by atoms with Gasteiger partial charge in [0.25, 0.3) is 5.91 Å². The summed E-state index contributed by atoms with van der Waals surface area (Å²) < 4.78 is 5.80. The third-order valence-electron chi connectivity index (χ3n) is 3.48. The fraction of sp³-hybridized carbons (Fsp3) is 0.316. The highest BCUT2D eigenvalue weighted by atomic mass is 35.5. The van der Waals surface area contributed by atoms with Gasteiger partial charge >= 0.3 is 0 Å². The molecule has 0 aliphatic heterocycles. The van der Waals surface area contributed by atoms with E-state index in [4.69, 9.17) is 16.3 Å². The van der Waals surface area contributed by atoms with Crippen LogP contribution in [-0.4, -0.2) is 24.3 Å². The largest absolute Gasteiger partial charge is 0.481 e. The van der Waals surface area contributed by atoms with Gasteiger partial charge in [0, 0.05) is 22.2 Å². The van der Waals surface area contributed by atoms with Crippen molar-refractivity contribution in [1.82, 2.24) is 5.32 Å². The standard InChI is InChI=1S/C19H22ClNO2S/c1-3-18(23-15-9-10-17(20)14(2)13-15)19(22)21-11-12-24-16-7-5-4-6-8-16/h4-10,13,18H,3,11-12H2,1-2H3,(H,21,22)/t18-/m0/s1. The average Bonchev–Trinajstić information content (AvgIpc) is 2.60. The molecule has 1 amide bonds. The maximum Gasteiger partial charge on any atom is 0.261 e. The molecule has 0 aliphatic rings. The Hall–Kier alpha value is -1.65. The summed E-state index contributed by atoms with van der Waals surface area (Å²) in [7, 11) is 0. The van der Waals surface area contributed by atoms with Gasteiger partial charge in [-0.3, -0.25) is 4.79 Å². The molecule has 0 bridgehead atoms. The molecule has 0 saturated carbocycles. The molecule has 0 fully saturated rings. The van der Waals surface area contributed by atoms with Gasteiger partial charge in [-0.1, -0.05) is 36.7 Å². The Kier molecular flexibility index (Phi) is 7.47. The summed E-state index contributed by atoms with van der Waals surface area (Å²) in [5.41, 5.74) is 0.934. The number of ether oxygens (including phenoxy) is 1. The van der Waals surface area contributed by atoms with E-state index < -0.39 is 6.10 Å². The Labute approximate surface area is 152 Å². The maximum absolute atomic E-state index is 12.3. The predicted molar refractivity (Wildman–Crippen MR) is 101 cm³/mol. The van der Waals surface area contributed by atoms with Crippen molar-refractivity contribution in [2.75, 3.05) is 12.3 Å². The minimum Gasteiger partial charge on any atom is -0.481 e. The quantitative estimate of drug-likeness (QED) is 0.545. The van der Waals surface area contributed by atoms with E-state index in [1.54, 1.807) is 23.9 Å². The number of rotatable bonds is 8. The highest BCUT2D eigenvalue weighted by molar-refractivity contribution is 7.99. The number of benzene rings is 2. The number of carbonyl (C=O) groups excluding carboxylic acids is 1. The van der Waals surface area contributed by atoms with Crippen molar-refractivity contribution >= 4 is 29.3 Å². The second kappa shape index (κ2) is 9.60. The van der Waals surface area contributed by atoms with Crippen molar-refractivity contribution in [2.45, 2.75) is 31.3 Å². The zero-order valence-electron chi connectivity index (χ0n) is 13.9. The second-order valence-corrected chi connectivity index (χ2v) is 6.95. The molecule has 0 aliphatic carbocycles. The third kappa shape index (κ3) is 5.77. The van der Waals surface area contributed by atoms with Crippen LogP contribution in [0, 0.1) is 6.92 Å². The van der Waals surface area contributed by atoms with Gasteiger partial charge in [0.05, 0.1) is 0 Å². The zero-order chi connectivity index (χ0) is 17.4. The molecule has 1 N–H and O–H groups in total. The molecular formula is C19H22ClNO2S. The van der Waals surface area contributed by atoms with E-state index in [1.165, 1.54) is 4.90 Å². The van der Waals surface area contributed by atoms with Gasteiger partial charge in [0.2, 0.25) is 0 Å². The minimum atomic E-state index is -0.493. The Balaban J connectivity index is 1.79. The van der Waals surface area contributed by atoms with Crippen LogP contribution >= 0.6 is 23.4 Å². The fourth-order valence-corrected chi connectivity index (χ4v) is 3.06. The Morgan fingerprint density at radius 1 is 1.25 bits per heavy atom. The molecule has 2 rings (SSSR count). The molecule has 2 aromatic rings. The number of hydrogen-bond acceptors (Lipinski definition) is 3. The van der Waals surface area contributed by atoms with Crippen LogP contribution in [0.5, 0.6) is 5.75 Å². The van der Waals surface area contributed by atoms with Crippen molar-refractivity contribution in [3.05, 3.63) is 59.1 Å². The van der Waals surface area contributed by atoms with Crippen molar-refractivity contribution in [3.63, 3.8) is 0 Å². The van der Waals surface area contributed by atoms with Crippen LogP contribution in [0.15, 0.2) is 53.4 Å². The first kappa shape index (κ1) is 18.7. The first-order valence-electron chi connectivity index (χ1n) is 7.98. The first-order chi connectivity index (χ1) is 11.6. The van der Waals surface area contributed by atoms with Gasteiger partial charge in [-0.05, 0) is 49.2 Å². The number of aryl methyl sites for hydroxylation is 1. The Bertz CT molecular complexity index is 664. The molecule has 0 spiro atoms. The summed E-state index contributed by atoms with van der Waals surface area (Å²) in [5, 5.41) is 3.63. The normalized spacial score (nSPS) is 11.8. The lowest BCUT2D eigenvalue weighted by Crippen LogP contribution is -2.39. The van der Waals surface area contributed by atoms with Gasteiger partial charge < -0.3 is 10.1 Å². The van der Waals surface area contributed by atoms with E-state index >= 15 is 0 Å². The van der Waals surface area contributed by atoms with Crippen LogP contribution < -0.4 is 10.1 Å². The number of amides is 1. The molecule has 0 unspecified atom stereocenters. The molecule has 1 atom stereocenters. The zero-order valence-corrected chi connectivity index (χ0v) is 15.5. The summed E-state index contributed by atoms with van der Waals surface area (Å²) >= 11 is 7.73. The Morgan fingerprint density at radius 2 is 2.00 bits per heavy atom. The SMILES string of the molecule is CC[C@H](Oc1ccc(Cl)c(C)c1)C(=O)NCCSc1ccccc1. The van der Waals surface area contributed by atoms with Crippen molar-refractivity contribution < 1.29 is 9.53 Å². The number of hydrogen-bond donors (Lipinski definition) is 1. The highest BCUT2D eigenvalue weighted by Crippen LogP contribution is 2.22. The van der Waals surface area contributed by atoms with Gasteiger partial charge in [0.1, 0.15) is 5.75 Å². The van der Waals surface area contributed by atoms with Crippen LogP contribution in [0.4, 0.5) is 0 Å². The monoisotopic (exact) mass is 363 g/mol. The van der Waals surface area contributed by atoms with E-state index in [0.717, 1.165) is 11.3 Å². The topological polar surface area (TPSA) is 38.3 Å². The lowest BCUT2D eigenvalue weighted by Gasteiger charge is -2.17. The number of halogens is 1. The lowest BCUT2D eigenvalue weighted by atomic mass is 10.2. The maximum atomic E-state index is 12.3.